The molecule has 24 nitrogen and oxygen atoms in total. The van der Waals surface area contributed by atoms with Crippen LogP contribution in [0.4, 0.5) is 10.1 Å². The van der Waals surface area contributed by atoms with E-state index in [-0.39, 0.29) is 68.5 Å². The number of Topliss-reactive ketones (excluding diaryl/α,β-unsaturated/α-hetero) is 1. The molecule has 5 heterocycles. The third kappa shape index (κ3) is 23.2. The number of phenols is 1. The number of aromatic hydroxyl groups is 1. The van der Waals surface area contributed by atoms with Crippen LogP contribution in [0.2, 0.25) is 10.0 Å². The fraction of sp³-hybridized carbons (Fsp3) is 0.396. The molecule has 27 heteroatoms. The number of methoxy groups -OCH3 is 4. The molecule has 3 aromatic heterocycles. The first-order chi connectivity index (χ1) is 62.1. The predicted octanol–water partition coefficient (Wildman–Crippen LogP) is 20.4. The van der Waals surface area contributed by atoms with E-state index < -0.39 is 34.5 Å². The monoisotopic (exact) mass is 1780 g/mol. The summed E-state index contributed by atoms with van der Waals surface area (Å²) in [5.41, 5.74) is 6.88. The predicted molar refractivity (Wildman–Crippen MR) is 483 cm³/mol. The summed E-state index contributed by atoms with van der Waals surface area (Å²) in [7, 11) is 6.57. The molecular formula is C101H108Cl2FN7O17. The van der Waals surface area contributed by atoms with E-state index in [0.29, 0.717) is 136 Å². The van der Waals surface area contributed by atoms with E-state index >= 15 is 0 Å². The van der Waals surface area contributed by atoms with Crippen LogP contribution in [0.5, 0.6) is 57.5 Å². The van der Waals surface area contributed by atoms with E-state index in [1.54, 1.807) is 57.3 Å². The second-order valence-electron chi connectivity index (χ2n) is 33.4. The minimum absolute atomic E-state index is 0.0540. The Labute approximate surface area is 754 Å². The van der Waals surface area contributed by atoms with Gasteiger partial charge in [0.15, 0.2) is 46.0 Å². The number of nitrogens with zero attached hydrogens (tertiary/aromatic N) is 5. The number of hydrogen-bond donors (Lipinski definition) is 5. The van der Waals surface area contributed by atoms with Gasteiger partial charge in [-0.3, -0.25) is 33.9 Å². The number of carboxylic acid groups (broad SMARTS) is 2. The van der Waals surface area contributed by atoms with Crippen molar-refractivity contribution in [2.45, 2.75) is 195 Å². The molecule has 2 aliphatic heterocycles. The quantitative estimate of drug-likeness (QED) is 0.0277. The highest BCUT2D eigenvalue weighted by molar-refractivity contribution is 6.50. The van der Waals surface area contributed by atoms with Crippen LogP contribution in [-0.4, -0.2) is 126 Å². The number of carbonyl (C=O) groups excluding carboxylic acids is 3. The summed E-state index contributed by atoms with van der Waals surface area (Å²) in [5, 5.41) is 53.9. The normalized spacial score (nSPS) is 19.7. The van der Waals surface area contributed by atoms with E-state index in [4.69, 9.17) is 65.8 Å². The van der Waals surface area contributed by atoms with Crippen molar-refractivity contribution in [2.75, 3.05) is 53.5 Å². The molecule has 670 valence electrons. The molecule has 6 fully saturated rings. The maximum Gasteiger partial charge on any atom is 0.306 e. The molecule has 0 radical (unpaired) electrons. The topological polar surface area (TPSA) is 331 Å². The molecule has 5 N–H and O–H groups in total. The molecule has 7 aliphatic rings. The number of nitriles is 2. The zero-order valence-corrected chi connectivity index (χ0v) is 73.9. The van der Waals surface area contributed by atoms with Crippen molar-refractivity contribution < 1.29 is 86.3 Å². The smallest absolute Gasteiger partial charge is 0.306 e. The number of anilines is 1. The summed E-state index contributed by atoms with van der Waals surface area (Å²) in [6, 6.07) is 52.0. The first-order valence-electron chi connectivity index (χ1n) is 43.8. The first kappa shape index (κ1) is 93.1. The molecule has 10 aromatic rings. The Morgan fingerprint density at radius 1 is 0.578 bits per heavy atom. The first-order valence-corrected chi connectivity index (χ1v) is 44.6. The van der Waals surface area contributed by atoms with Gasteiger partial charge in [0.1, 0.15) is 11.6 Å². The van der Waals surface area contributed by atoms with Gasteiger partial charge >= 0.3 is 11.9 Å². The Kier molecular flexibility index (Phi) is 32.2. The lowest BCUT2D eigenvalue weighted by Gasteiger charge is -2.35. The molecule has 7 aromatic carbocycles. The number of ether oxygens (including phenoxy) is 9. The average Bonchev–Trinajstić information content (AvgIpc) is 0.882. The van der Waals surface area contributed by atoms with Crippen molar-refractivity contribution in [1.82, 2.24) is 19.9 Å². The number of aromatic nitrogens is 3. The summed E-state index contributed by atoms with van der Waals surface area (Å²) < 4.78 is 67.0. The number of halogens is 3. The highest BCUT2D eigenvalue weighted by atomic mass is 35.5. The lowest BCUT2D eigenvalue weighted by Crippen LogP contribution is -2.33. The minimum atomic E-state index is -0.945. The Bertz CT molecular complexity index is 5560. The Balaban J connectivity index is 0.000000138. The summed E-state index contributed by atoms with van der Waals surface area (Å²) in [6.45, 7) is 2.10. The van der Waals surface area contributed by atoms with Crippen LogP contribution in [0.15, 0.2) is 183 Å². The average molecular weight is 1780 g/mol. The van der Waals surface area contributed by atoms with Crippen LogP contribution in [0.3, 0.4) is 0 Å². The van der Waals surface area contributed by atoms with E-state index in [2.05, 4.69) is 87.3 Å². The van der Waals surface area contributed by atoms with Gasteiger partial charge < -0.3 is 73.2 Å². The third-order valence-electron chi connectivity index (χ3n) is 25.2. The van der Waals surface area contributed by atoms with Crippen molar-refractivity contribution in [3.05, 3.63) is 243 Å². The van der Waals surface area contributed by atoms with E-state index in [1.165, 1.54) is 98.1 Å². The molecular weight excluding hydrogens is 1670 g/mol. The van der Waals surface area contributed by atoms with Crippen molar-refractivity contribution in [3.8, 4) is 69.6 Å². The van der Waals surface area contributed by atoms with Crippen LogP contribution < -0.4 is 53.3 Å². The highest BCUT2D eigenvalue weighted by Gasteiger charge is 2.44. The Hall–Kier alpha value is -12.6. The SMILES string of the molecule is COc1ccc(C2(C#N)CCC(C(=O)O)CC2)c2c1OCCCO2.COc1ccc(C2(C#N)CCC(C(=O)O)CC2)cc1OC1CCCC1.COc1ccc(C2CNC(=O)C2)cc1OC1CCCC1.COc1ccc([C@@H](Cc2ccncc2)c2ccccc2)cc1OC1CCCC1.O=C(Nc1c(Cl)cncc1Cl)C(=O)c1cn(Cc2ccc(F)cc2)c2ccc(O)cc12. The van der Waals surface area contributed by atoms with Crippen molar-refractivity contribution in [2.24, 2.45) is 11.8 Å². The van der Waals surface area contributed by atoms with E-state index in [9.17, 15) is 54.2 Å². The largest absolute Gasteiger partial charge is 0.508 e. The van der Waals surface area contributed by atoms with Gasteiger partial charge in [0.05, 0.1) is 116 Å². The molecule has 0 spiro atoms. The number of nitrogens with one attached hydrogen (secondary N) is 2. The Morgan fingerprint density at radius 2 is 1.11 bits per heavy atom. The molecule has 128 heavy (non-hydrogen) atoms. The summed E-state index contributed by atoms with van der Waals surface area (Å²) >= 11 is 12.0. The van der Waals surface area contributed by atoms with Gasteiger partial charge in [0.25, 0.3) is 11.7 Å². The highest BCUT2D eigenvalue weighted by Crippen LogP contribution is 2.52. The molecule has 5 aliphatic carbocycles. The van der Waals surface area contributed by atoms with Gasteiger partial charge in [0, 0.05) is 85.2 Å². The van der Waals surface area contributed by atoms with Gasteiger partial charge in [-0.05, 0) is 259 Å². The number of carboxylic acids is 2. The fourth-order valence-corrected chi connectivity index (χ4v) is 18.4. The zero-order valence-electron chi connectivity index (χ0n) is 72.4. The Morgan fingerprint density at radius 3 is 1.66 bits per heavy atom. The number of carbonyl (C=O) groups is 5. The summed E-state index contributed by atoms with van der Waals surface area (Å²) in [4.78, 5) is 67.3. The van der Waals surface area contributed by atoms with Gasteiger partial charge in [0.2, 0.25) is 11.7 Å². The van der Waals surface area contributed by atoms with Crippen LogP contribution >= 0.6 is 23.2 Å². The second kappa shape index (κ2) is 44.2. The number of hydrogen-bond acceptors (Lipinski definition) is 19. The number of phenolic OH excluding ortho intramolecular Hbond substituents is 1. The van der Waals surface area contributed by atoms with Crippen LogP contribution in [0, 0.1) is 40.3 Å². The number of amides is 2. The maximum atomic E-state index is 13.2. The minimum Gasteiger partial charge on any atom is -0.508 e. The van der Waals surface area contributed by atoms with Crippen molar-refractivity contribution in [1.29, 1.82) is 10.5 Å². The van der Waals surface area contributed by atoms with E-state index in [1.807, 2.05) is 60.9 Å². The molecule has 17 rings (SSSR count). The molecule has 1 saturated heterocycles. The molecule has 0 bridgehead atoms. The second-order valence-corrected chi connectivity index (χ2v) is 34.2. The standard InChI is InChI=1S/C25H27NO2.C22H14Cl2FN3O3.C20H25NO4.C18H21NO5.C16H21NO3/c1-27-24-12-11-21(18-25(24)28-22-9-5-6-10-22)23(20-7-3-2-4-8-20)17-19-13-15-26-16-14-19;23-17-8-26-9-18(24)20(17)27-22(31)21(30)16-11-28(10-12-1-3-13(25)4-2-12)19-6-5-14(29)7-15(16)19;1-24-17-7-6-15(12-18(17)25-16-4-2-3-5-16)20(13-21)10-8-14(9-11-20)19(22)23;1-22-14-4-3-13(15-16(14)24-10-2-9-23-15)18(11-19)7-5-12(6-8-18)17(20)21;1-19-14-7-6-11(12-9-16(18)17-10-12)8-15(14)20-13-4-2-3-5-13/h2-4,7-8,11-16,18,22-23H,5-6,9-10,17H2,1H3;1-9,11,29H,10H2,(H,26,27,31);6-7,12,14,16H,2-5,8-11H2,1H3,(H,22,23);3-4,12H,2,5-10H2,1H3,(H,20,21);6-8,12-13H,2-5,9-10H2,1H3,(H,17,18)/t23-;;;;/m0..../s1. The molecule has 5 saturated carbocycles. The summed E-state index contributed by atoms with van der Waals surface area (Å²) in [6.07, 6.45) is 29.1. The summed E-state index contributed by atoms with van der Waals surface area (Å²) in [5.74, 6) is 2.53. The number of rotatable bonds is 24. The van der Waals surface area contributed by atoms with Crippen molar-refractivity contribution in [3.63, 3.8) is 0 Å². The van der Waals surface area contributed by atoms with Gasteiger partial charge in [-0.25, -0.2) is 4.39 Å². The van der Waals surface area contributed by atoms with Gasteiger partial charge in [-0.1, -0.05) is 83.9 Å². The number of aliphatic carboxylic acids is 2. The number of benzene rings is 7. The van der Waals surface area contributed by atoms with Crippen LogP contribution in [-0.2, 0) is 43.0 Å². The van der Waals surface area contributed by atoms with E-state index in [0.717, 1.165) is 96.6 Å². The van der Waals surface area contributed by atoms with Gasteiger partial charge in [-0.15, -0.1) is 0 Å². The van der Waals surface area contributed by atoms with Gasteiger partial charge in [-0.2, -0.15) is 10.5 Å². The van der Waals surface area contributed by atoms with Crippen LogP contribution in [0.1, 0.15) is 202 Å². The third-order valence-corrected chi connectivity index (χ3v) is 25.8. The zero-order chi connectivity index (χ0) is 90.3. The van der Waals surface area contributed by atoms with Crippen molar-refractivity contribution >= 4 is 69.3 Å². The lowest BCUT2D eigenvalue weighted by molar-refractivity contribution is -0.144. The lowest BCUT2D eigenvalue weighted by atomic mass is 9.67. The molecule has 1 unspecified atom stereocenters. The number of pyridine rings is 2. The molecule has 2 amide bonds. The maximum absolute atomic E-state index is 13.2. The number of ketones is 1. The fourth-order valence-electron chi connectivity index (χ4n) is 18.0. The van der Waals surface area contributed by atoms with Crippen LogP contribution in [0.25, 0.3) is 10.9 Å². The molecule has 2 atom stereocenters. The number of fused-ring (bicyclic) bond motifs is 2.